The SMILES string of the molecule is C/C=C\C1=C(C)C(C)=C(/C=C\C)C1=O. The van der Waals surface area contributed by atoms with Crippen molar-refractivity contribution in [2.75, 3.05) is 0 Å². The van der Waals surface area contributed by atoms with Crippen LogP contribution >= 0.6 is 0 Å². The van der Waals surface area contributed by atoms with Gasteiger partial charge in [-0.05, 0) is 38.8 Å². The molecule has 14 heavy (non-hydrogen) atoms. The van der Waals surface area contributed by atoms with Gasteiger partial charge in [0.05, 0.1) is 0 Å². The molecule has 0 aromatic heterocycles. The van der Waals surface area contributed by atoms with E-state index in [4.69, 9.17) is 0 Å². The Morgan fingerprint density at radius 2 is 1.21 bits per heavy atom. The fourth-order valence-corrected chi connectivity index (χ4v) is 1.62. The van der Waals surface area contributed by atoms with Crippen LogP contribution in [-0.4, -0.2) is 5.78 Å². The predicted molar refractivity (Wildman–Crippen MR) is 60.0 cm³/mol. The maximum Gasteiger partial charge on any atom is 0.193 e. The average molecular weight is 188 g/mol. The smallest absolute Gasteiger partial charge is 0.193 e. The second-order valence-corrected chi connectivity index (χ2v) is 3.41. The highest BCUT2D eigenvalue weighted by atomic mass is 16.1. The summed E-state index contributed by atoms with van der Waals surface area (Å²) >= 11 is 0. The number of Topliss-reactive ketones (excluding diaryl/α,β-unsaturated/α-hetero) is 1. The Bertz CT molecular complexity index is 340. The monoisotopic (exact) mass is 188 g/mol. The molecule has 0 bridgehead atoms. The van der Waals surface area contributed by atoms with Crippen LogP contribution in [0, 0.1) is 0 Å². The number of rotatable bonds is 2. The highest BCUT2D eigenvalue weighted by molar-refractivity contribution is 6.16. The first-order valence-electron chi connectivity index (χ1n) is 4.85. The van der Waals surface area contributed by atoms with Gasteiger partial charge in [-0.1, -0.05) is 24.3 Å². The summed E-state index contributed by atoms with van der Waals surface area (Å²) in [6.07, 6.45) is 7.58. The molecule has 1 aliphatic carbocycles. The summed E-state index contributed by atoms with van der Waals surface area (Å²) in [5, 5.41) is 0. The van der Waals surface area contributed by atoms with E-state index in [2.05, 4.69) is 0 Å². The van der Waals surface area contributed by atoms with Gasteiger partial charge in [-0.25, -0.2) is 0 Å². The number of carbonyl (C=O) groups excluding carboxylic acids is 1. The number of ketones is 1. The van der Waals surface area contributed by atoms with Crippen LogP contribution in [0.3, 0.4) is 0 Å². The average Bonchev–Trinajstić information content (AvgIpc) is 2.36. The summed E-state index contributed by atoms with van der Waals surface area (Å²) in [6.45, 7) is 7.85. The van der Waals surface area contributed by atoms with E-state index in [1.54, 1.807) is 0 Å². The molecule has 0 fully saturated rings. The lowest BCUT2D eigenvalue weighted by molar-refractivity contribution is -0.111. The summed E-state index contributed by atoms with van der Waals surface area (Å²) in [5.41, 5.74) is 3.86. The number of hydrogen-bond acceptors (Lipinski definition) is 1. The van der Waals surface area contributed by atoms with Crippen molar-refractivity contribution in [1.29, 1.82) is 0 Å². The summed E-state index contributed by atoms with van der Waals surface area (Å²) < 4.78 is 0. The summed E-state index contributed by atoms with van der Waals surface area (Å²) in [4.78, 5) is 11.9. The van der Waals surface area contributed by atoms with Crippen LogP contribution < -0.4 is 0 Å². The molecule has 0 aliphatic heterocycles. The first-order valence-corrected chi connectivity index (χ1v) is 4.85. The predicted octanol–water partition coefficient (Wildman–Crippen LogP) is 3.35. The van der Waals surface area contributed by atoms with Gasteiger partial charge < -0.3 is 0 Å². The Labute approximate surface area is 85.5 Å². The number of carbonyl (C=O) groups is 1. The molecule has 0 radical (unpaired) electrons. The van der Waals surface area contributed by atoms with Crippen molar-refractivity contribution in [3.8, 4) is 0 Å². The first-order chi connectivity index (χ1) is 6.63. The fraction of sp³-hybridized carbons (Fsp3) is 0.308. The van der Waals surface area contributed by atoms with Gasteiger partial charge in [-0.3, -0.25) is 4.79 Å². The lowest BCUT2D eigenvalue weighted by Gasteiger charge is -1.94. The van der Waals surface area contributed by atoms with Gasteiger partial charge in [0.1, 0.15) is 0 Å². The van der Waals surface area contributed by atoms with Gasteiger partial charge in [0.2, 0.25) is 0 Å². The molecule has 0 spiro atoms. The van der Waals surface area contributed by atoms with E-state index in [0.717, 1.165) is 22.3 Å². The molecule has 0 unspecified atom stereocenters. The molecule has 0 aromatic carbocycles. The molecule has 0 amide bonds. The van der Waals surface area contributed by atoms with Crippen molar-refractivity contribution >= 4 is 5.78 Å². The Morgan fingerprint density at radius 3 is 1.50 bits per heavy atom. The Hall–Kier alpha value is -1.37. The van der Waals surface area contributed by atoms with E-state index in [1.807, 2.05) is 52.0 Å². The van der Waals surface area contributed by atoms with E-state index in [1.165, 1.54) is 0 Å². The molecule has 0 aromatic rings. The minimum absolute atomic E-state index is 0.149. The van der Waals surface area contributed by atoms with E-state index < -0.39 is 0 Å². The lowest BCUT2D eigenvalue weighted by atomic mass is 10.1. The minimum atomic E-state index is 0.149. The zero-order chi connectivity index (χ0) is 10.7. The van der Waals surface area contributed by atoms with Crippen molar-refractivity contribution in [3.63, 3.8) is 0 Å². The number of hydrogen-bond donors (Lipinski definition) is 0. The van der Waals surface area contributed by atoms with E-state index in [0.29, 0.717) is 0 Å². The van der Waals surface area contributed by atoms with Gasteiger partial charge in [0.25, 0.3) is 0 Å². The molecule has 0 saturated carbocycles. The largest absolute Gasteiger partial charge is 0.289 e. The molecular weight excluding hydrogens is 172 g/mol. The van der Waals surface area contributed by atoms with Gasteiger partial charge in [-0.15, -0.1) is 0 Å². The third-order valence-electron chi connectivity index (χ3n) is 2.53. The van der Waals surface area contributed by atoms with Crippen LogP contribution in [0.25, 0.3) is 0 Å². The van der Waals surface area contributed by atoms with Crippen molar-refractivity contribution in [3.05, 3.63) is 46.6 Å². The van der Waals surface area contributed by atoms with Gasteiger partial charge in [0.15, 0.2) is 5.78 Å². The quantitative estimate of drug-likeness (QED) is 0.649. The molecule has 1 nitrogen and oxygen atoms in total. The molecule has 1 rings (SSSR count). The topological polar surface area (TPSA) is 17.1 Å². The summed E-state index contributed by atoms with van der Waals surface area (Å²) in [7, 11) is 0. The third-order valence-corrected chi connectivity index (χ3v) is 2.53. The second kappa shape index (κ2) is 4.23. The highest BCUT2D eigenvalue weighted by Gasteiger charge is 2.23. The van der Waals surface area contributed by atoms with Crippen molar-refractivity contribution in [1.82, 2.24) is 0 Å². The lowest BCUT2D eigenvalue weighted by Crippen LogP contribution is -1.98. The van der Waals surface area contributed by atoms with Crippen molar-refractivity contribution in [2.24, 2.45) is 0 Å². The van der Waals surface area contributed by atoms with E-state index >= 15 is 0 Å². The van der Waals surface area contributed by atoms with Crippen LogP contribution in [0.5, 0.6) is 0 Å². The molecule has 0 heterocycles. The van der Waals surface area contributed by atoms with Crippen molar-refractivity contribution in [2.45, 2.75) is 27.7 Å². The van der Waals surface area contributed by atoms with E-state index in [-0.39, 0.29) is 5.78 Å². The van der Waals surface area contributed by atoms with Gasteiger partial charge >= 0.3 is 0 Å². The third kappa shape index (κ3) is 1.63. The molecular formula is C13H16O. The zero-order valence-corrected chi connectivity index (χ0v) is 9.22. The second-order valence-electron chi connectivity index (χ2n) is 3.41. The molecule has 0 N–H and O–H groups in total. The van der Waals surface area contributed by atoms with E-state index in [9.17, 15) is 4.79 Å². The van der Waals surface area contributed by atoms with Gasteiger partial charge in [-0.2, -0.15) is 0 Å². The Morgan fingerprint density at radius 1 is 0.857 bits per heavy atom. The first kappa shape index (κ1) is 10.7. The summed E-state index contributed by atoms with van der Waals surface area (Å²) in [5.74, 6) is 0.149. The molecule has 1 heteroatoms. The van der Waals surface area contributed by atoms with Crippen LogP contribution in [0.1, 0.15) is 27.7 Å². The van der Waals surface area contributed by atoms with Gasteiger partial charge in [0, 0.05) is 11.1 Å². The Kier molecular flexibility index (Phi) is 3.23. The van der Waals surface area contributed by atoms with Crippen LogP contribution in [0.15, 0.2) is 46.6 Å². The Balaban J connectivity index is 3.19. The van der Waals surface area contributed by atoms with Crippen LogP contribution in [0.4, 0.5) is 0 Å². The summed E-state index contributed by atoms with van der Waals surface area (Å²) in [6, 6.07) is 0. The van der Waals surface area contributed by atoms with Crippen LogP contribution in [0.2, 0.25) is 0 Å². The van der Waals surface area contributed by atoms with Crippen molar-refractivity contribution < 1.29 is 4.79 Å². The highest BCUT2D eigenvalue weighted by Crippen LogP contribution is 2.30. The minimum Gasteiger partial charge on any atom is -0.289 e. The molecule has 0 atom stereocenters. The standard InChI is InChI=1S/C13H16O/c1-5-7-11-9(3)10(4)12(8-6-2)13(11)14/h5-8H,1-4H3/b7-5-,8-6-. The molecule has 0 saturated heterocycles. The number of allylic oxidation sites excluding steroid dienone is 8. The zero-order valence-electron chi connectivity index (χ0n) is 9.22. The molecule has 74 valence electrons. The maximum atomic E-state index is 11.9. The molecule has 1 aliphatic rings. The maximum absolute atomic E-state index is 11.9. The normalized spacial score (nSPS) is 18.4. The fourth-order valence-electron chi connectivity index (χ4n) is 1.62. The van der Waals surface area contributed by atoms with Crippen LogP contribution in [-0.2, 0) is 4.79 Å².